The lowest BCUT2D eigenvalue weighted by atomic mass is 10.0. The molecule has 0 spiro atoms. The van der Waals surface area contributed by atoms with E-state index in [-0.39, 0.29) is 11.1 Å². The minimum absolute atomic E-state index is 0.0192. The van der Waals surface area contributed by atoms with Crippen LogP contribution < -0.4 is 5.43 Å². The third-order valence-electron chi connectivity index (χ3n) is 3.01. The van der Waals surface area contributed by atoms with Crippen molar-refractivity contribution in [3.8, 4) is 11.1 Å². The van der Waals surface area contributed by atoms with Crippen LogP contribution in [0.4, 0.5) is 5.88 Å². The van der Waals surface area contributed by atoms with Gasteiger partial charge in [-0.25, -0.2) is 0 Å². The molecular weight excluding hydrogens is 258 g/mol. The van der Waals surface area contributed by atoms with Gasteiger partial charge >= 0.3 is 5.88 Å². The summed E-state index contributed by atoms with van der Waals surface area (Å²) in [5, 5.41) is 11.5. The van der Waals surface area contributed by atoms with Crippen LogP contribution in [0.2, 0.25) is 0 Å². The summed E-state index contributed by atoms with van der Waals surface area (Å²) < 4.78 is 5.29. The molecule has 20 heavy (non-hydrogen) atoms. The van der Waals surface area contributed by atoms with Crippen LogP contribution in [0.5, 0.6) is 0 Å². The Labute approximate surface area is 113 Å². The zero-order valence-electron chi connectivity index (χ0n) is 10.3. The van der Waals surface area contributed by atoms with Crippen molar-refractivity contribution in [3.63, 3.8) is 0 Å². The number of hydrogen-bond donors (Lipinski definition) is 0. The Bertz CT molecular complexity index is 853. The van der Waals surface area contributed by atoms with Gasteiger partial charge in [0.2, 0.25) is 5.43 Å². The van der Waals surface area contributed by atoms with Gasteiger partial charge in [0.25, 0.3) is 0 Å². The molecule has 0 amide bonds. The average Bonchev–Trinajstić information content (AvgIpc) is 2.48. The van der Waals surface area contributed by atoms with E-state index in [4.69, 9.17) is 4.42 Å². The Kier molecular flexibility index (Phi) is 2.80. The van der Waals surface area contributed by atoms with Gasteiger partial charge in [-0.2, -0.15) is 0 Å². The van der Waals surface area contributed by atoms with Crippen molar-refractivity contribution in [3.05, 3.63) is 74.9 Å². The highest BCUT2D eigenvalue weighted by Gasteiger charge is 2.24. The minimum Gasteiger partial charge on any atom is -0.400 e. The van der Waals surface area contributed by atoms with Gasteiger partial charge in [0.1, 0.15) is 16.1 Å². The lowest BCUT2D eigenvalue weighted by Crippen LogP contribution is -2.08. The number of para-hydroxylation sites is 1. The summed E-state index contributed by atoms with van der Waals surface area (Å²) in [4.78, 5) is 23.0. The molecule has 1 heterocycles. The Morgan fingerprint density at radius 2 is 1.60 bits per heavy atom. The fourth-order valence-corrected chi connectivity index (χ4v) is 2.12. The number of fused-ring (bicyclic) bond motifs is 1. The predicted octanol–water partition coefficient (Wildman–Crippen LogP) is 3.37. The third kappa shape index (κ3) is 1.85. The smallest absolute Gasteiger partial charge is 0.400 e. The van der Waals surface area contributed by atoms with Crippen molar-refractivity contribution in [2.75, 3.05) is 0 Å². The van der Waals surface area contributed by atoms with Crippen LogP contribution in [0.3, 0.4) is 0 Å². The Morgan fingerprint density at radius 1 is 0.950 bits per heavy atom. The van der Waals surface area contributed by atoms with Crippen LogP contribution in [-0.2, 0) is 0 Å². The van der Waals surface area contributed by atoms with Gasteiger partial charge in [-0.15, -0.1) is 0 Å². The summed E-state index contributed by atoms with van der Waals surface area (Å²) in [6.45, 7) is 0. The first-order chi connectivity index (χ1) is 9.68. The van der Waals surface area contributed by atoms with Crippen LogP contribution in [0.1, 0.15) is 0 Å². The van der Waals surface area contributed by atoms with E-state index in [1.807, 2.05) is 0 Å². The molecule has 0 fully saturated rings. The molecule has 0 saturated heterocycles. The largest absolute Gasteiger partial charge is 0.445 e. The molecule has 0 aliphatic carbocycles. The summed E-state index contributed by atoms with van der Waals surface area (Å²) in [5.74, 6) is -0.528. The summed E-state index contributed by atoms with van der Waals surface area (Å²) in [5.41, 5.74) is 0.265. The Hall–Kier alpha value is -2.95. The first-order valence-corrected chi connectivity index (χ1v) is 5.94. The van der Waals surface area contributed by atoms with Gasteiger partial charge in [-0.1, -0.05) is 42.5 Å². The first kappa shape index (κ1) is 12.1. The normalized spacial score (nSPS) is 10.6. The van der Waals surface area contributed by atoms with Crippen molar-refractivity contribution in [2.24, 2.45) is 0 Å². The molecule has 0 bridgehead atoms. The van der Waals surface area contributed by atoms with E-state index in [0.717, 1.165) is 0 Å². The van der Waals surface area contributed by atoms with Gasteiger partial charge in [0, 0.05) is 0 Å². The summed E-state index contributed by atoms with van der Waals surface area (Å²) >= 11 is 0. The minimum atomic E-state index is -0.670. The molecule has 0 unspecified atom stereocenters. The highest BCUT2D eigenvalue weighted by atomic mass is 16.6. The molecule has 98 valence electrons. The molecule has 0 radical (unpaired) electrons. The van der Waals surface area contributed by atoms with Gasteiger partial charge in [0.15, 0.2) is 0 Å². The maximum atomic E-state index is 12.5. The molecule has 5 heteroatoms. The van der Waals surface area contributed by atoms with Gasteiger partial charge in [-0.3, -0.25) is 14.9 Å². The lowest BCUT2D eigenvalue weighted by molar-refractivity contribution is -0.401. The molecule has 0 N–H and O–H groups in total. The number of nitro groups is 1. The second kappa shape index (κ2) is 4.62. The van der Waals surface area contributed by atoms with Crippen LogP contribution in [0.15, 0.2) is 63.8 Å². The predicted molar refractivity (Wildman–Crippen MR) is 74.6 cm³/mol. The SMILES string of the molecule is O=c1c(-c2ccccc2)c([N+](=O)[O-])oc2ccccc12. The van der Waals surface area contributed by atoms with Crippen LogP contribution in [-0.4, -0.2) is 4.92 Å². The second-order valence-corrected chi connectivity index (χ2v) is 4.23. The zero-order chi connectivity index (χ0) is 14.1. The molecule has 1 aromatic heterocycles. The fourth-order valence-electron chi connectivity index (χ4n) is 2.12. The van der Waals surface area contributed by atoms with E-state index in [1.165, 1.54) is 0 Å². The molecule has 5 nitrogen and oxygen atoms in total. The number of benzene rings is 2. The van der Waals surface area contributed by atoms with Gasteiger partial charge < -0.3 is 4.42 Å². The molecule has 3 aromatic rings. The van der Waals surface area contributed by atoms with Crippen LogP contribution >= 0.6 is 0 Å². The molecule has 3 rings (SSSR count). The second-order valence-electron chi connectivity index (χ2n) is 4.23. The maximum Gasteiger partial charge on any atom is 0.445 e. The topological polar surface area (TPSA) is 73.3 Å². The first-order valence-electron chi connectivity index (χ1n) is 5.94. The Morgan fingerprint density at radius 3 is 2.30 bits per heavy atom. The number of rotatable bonds is 2. The number of nitrogens with zero attached hydrogens (tertiary/aromatic N) is 1. The van der Waals surface area contributed by atoms with E-state index >= 15 is 0 Å². The lowest BCUT2D eigenvalue weighted by Gasteiger charge is -2.03. The van der Waals surface area contributed by atoms with E-state index in [2.05, 4.69) is 0 Å². The van der Waals surface area contributed by atoms with E-state index in [9.17, 15) is 14.9 Å². The van der Waals surface area contributed by atoms with E-state index in [1.54, 1.807) is 54.6 Å². The molecular formula is C15H9NO4. The van der Waals surface area contributed by atoms with Crippen LogP contribution in [0, 0.1) is 10.1 Å². The summed E-state index contributed by atoms with van der Waals surface area (Å²) in [6, 6.07) is 15.0. The zero-order valence-corrected chi connectivity index (χ0v) is 10.3. The van der Waals surface area contributed by atoms with E-state index in [0.29, 0.717) is 10.9 Å². The highest BCUT2D eigenvalue weighted by molar-refractivity contribution is 5.84. The van der Waals surface area contributed by atoms with Crippen LogP contribution in [0.25, 0.3) is 22.1 Å². The van der Waals surface area contributed by atoms with Gasteiger partial charge in [-0.05, 0) is 17.7 Å². The van der Waals surface area contributed by atoms with Crippen molar-refractivity contribution in [1.29, 1.82) is 0 Å². The standard InChI is InChI=1S/C15H9NO4/c17-14-11-8-4-5-9-12(11)20-15(16(18)19)13(14)10-6-2-1-3-7-10/h1-9H. The third-order valence-corrected chi connectivity index (χ3v) is 3.01. The van der Waals surface area contributed by atoms with E-state index < -0.39 is 16.2 Å². The molecule has 0 atom stereocenters. The molecule has 2 aromatic carbocycles. The molecule has 0 aliphatic rings. The maximum absolute atomic E-state index is 12.5. The van der Waals surface area contributed by atoms with Crippen molar-refractivity contribution in [1.82, 2.24) is 0 Å². The highest BCUT2D eigenvalue weighted by Crippen LogP contribution is 2.29. The van der Waals surface area contributed by atoms with Crippen molar-refractivity contribution >= 4 is 16.9 Å². The Balaban J connectivity index is 2.46. The number of hydrogen-bond acceptors (Lipinski definition) is 4. The fraction of sp³-hybridized carbons (Fsp3) is 0. The monoisotopic (exact) mass is 267 g/mol. The van der Waals surface area contributed by atoms with Gasteiger partial charge in [0.05, 0.1) is 5.39 Å². The average molecular weight is 267 g/mol. The molecule has 0 aliphatic heterocycles. The summed E-state index contributed by atoms with van der Waals surface area (Å²) in [6.07, 6.45) is 0. The van der Waals surface area contributed by atoms with Crippen molar-refractivity contribution < 1.29 is 9.34 Å². The summed E-state index contributed by atoms with van der Waals surface area (Å²) in [7, 11) is 0. The molecule has 0 saturated carbocycles. The quantitative estimate of drug-likeness (QED) is 0.527. The van der Waals surface area contributed by atoms with Crippen molar-refractivity contribution in [2.45, 2.75) is 0 Å².